The molecule has 164 valence electrons. The number of nitrogens with one attached hydrogen (secondary N) is 2. The number of fused-ring (bicyclic) bond motifs is 1. The Balaban J connectivity index is 1.63. The summed E-state index contributed by atoms with van der Waals surface area (Å²) >= 11 is 0. The third kappa shape index (κ3) is 4.36. The SMILES string of the molecule is CNc1nc(-c2cccnc2)nc2c(OCCc3cn[nH]c3)cc(-c3ccc(F)cc3)cc12. The van der Waals surface area contributed by atoms with Crippen LogP contribution in [0.1, 0.15) is 5.56 Å². The molecule has 33 heavy (non-hydrogen) atoms. The van der Waals surface area contributed by atoms with E-state index < -0.39 is 0 Å². The molecular formula is C25H21FN6O. The number of pyridine rings is 1. The van der Waals surface area contributed by atoms with E-state index in [1.54, 1.807) is 30.7 Å². The predicted molar refractivity (Wildman–Crippen MR) is 125 cm³/mol. The quantitative estimate of drug-likeness (QED) is 0.375. The van der Waals surface area contributed by atoms with E-state index in [-0.39, 0.29) is 5.82 Å². The first kappa shape index (κ1) is 20.6. The van der Waals surface area contributed by atoms with Gasteiger partial charge in [0.05, 0.1) is 12.8 Å². The molecular weight excluding hydrogens is 419 g/mol. The van der Waals surface area contributed by atoms with E-state index in [2.05, 4.69) is 20.5 Å². The summed E-state index contributed by atoms with van der Waals surface area (Å²) in [7, 11) is 1.82. The third-order valence-corrected chi connectivity index (χ3v) is 5.30. The molecule has 0 bridgehead atoms. The third-order valence-electron chi connectivity index (χ3n) is 5.30. The number of H-pyrrole nitrogens is 1. The van der Waals surface area contributed by atoms with Crippen molar-refractivity contribution in [3.8, 4) is 28.3 Å². The average Bonchev–Trinajstić information content (AvgIpc) is 3.38. The minimum absolute atomic E-state index is 0.281. The molecule has 0 saturated carbocycles. The maximum atomic E-state index is 13.5. The fourth-order valence-corrected chi connectivity index (χ4v) is 3.63. The molecule has 2 N–H and O–H groups in total. The van der Waals surface area contributed by atoms with Crippen LogP contribution in [0.25, 0.3) is 33.4 Å². The molecule has 0 atom stereocenters. The number of aromatic amines is 1. The van der Waals surface area contributed by atoms with Crippen LogP contribution < -0.4 is 10.1 Å². The number of anilines is 1. The van der Waals surface area contributed by atoms with Crippen molar-refractivity contribution in [3.05, 3.63) is 84.7 Å². The van der Waals surface area contributed by atoms with Crippen LogP contribution in [0.4, 0.5) is 10.2 Å². The summed E-state index contributed by atoms with van der Waals surface area (Å²) in [5, 5.41) is 10.8. The van der Waals surface area contributed by atoms with Crippen molar-refractivity contribution in [1.29, 1.82) is 0 Å². The second-order valence-corrected chi connectivity index (χ2v) is 7.47. The lowest BCUT2D eigenvalue weighted by atomic mass is 10.0. The molecule has 0 fully saturated rings. The number of benzene rings is 2. The minimum atomic E-state index is -0.281. The van der Waals surface area contributed by atoms with Gasteiger partial charge in [0, 0.05) is 43.0 Å². The molecule has 0 radical (unpaired) electrons. The highest BCUT2D eigenvalue weighted by Gasteiger charge is 2.16. The summed E-state index contributed by atoms with van der Waals surface area (Å²) in [6.07, 6.45) is 7.75. The molecule has 0 saturated heterocycles. The lowest BCUT2D eigenvalue weighted by Crippen LogP contribution is -2.04. The van der Waals surface area contributed by atoms with Crippen LogP contribution in [-0.2, 0) is 6.42 Å². The molecule has 0 unspecified atom stereocenters. The second kappa shape index (κ2) is 9.04. The van der Waals surface area contributed by atoms with Crippen LogP contribution in [0.15, 0.2) is 73.3 Å². The number of hydrogen-bond acceptors (Lipinski definition) is 6. The Kier molecular flexibility index (Phi) is 5.63. The highest BCUT2D eigenvalue weighted by atomic mass is 19.1. The molecule has 0 aliphatic carbocycles. The van der Waals surface area contributed by atoms with Gasteiger partial charge in [-0.05, 0) is 53.1 Å². The van der Waals surface area contributed by atoms with E-state index in [1.165, 1.54) is 12.1 Å². The van der Waals surface area contributed by atoms with Crippen LogP contribution in [0.2, 0.25) is 0 Å². The molecule has 0 spiro atoms. The summed E-state index contributed by atoms with van der Waals surface area (Å²) < 4.78 is 19.7. The zero-order chi connectivity index (χ0) is 22.6. The molecule has 3 heterocycles. The maximum absolute atomic E-state index is 13.5. The fraction of sp³-hybridized carbons (Fsp3) is 0.120. The summed E-state index contributed by atoms with van der Waals surface area (Å²) in [6, 6.07) is 14.1. The van der Waals surface area contributed by atoms with E-state index in [9.17, 15) is 4.39 Å². The average molecular weight is 440 g/mol. The van der Waals surface area contributed by atoms with Gasteiger partial charge >= 0.3 is 0 Å². The number of hydrogen-bond donors (Lipinski definition) is 2. The van der Waals surface area contributed by atoms with Crippen LogP contribution in [0.5, 0.6) is 5.75 Å². The van der Waals surface area contributed by atoms with Crippen molar-refractivity contribution in [3.63, 3.8) is 0 Å². The smallest absolute Gasteiger partial charge is 0.163 e. The zero-order valence-corrected chi connectivity index (χ0v) is 17.9. The predicted octanol–water partition coefficient (Wildman–Crippen LogP) is 4.88. The number of nitrogens with zero attached hydrogens (tertiary/aromatic N) is 4. The van der Waals surface area contributed by atoms with Crippen LogP contribution in [0.3, 0.4) is 0 Å². The molecule has 3 aromatic heterocycles. The highest BCUT2D eigenvalue weighted by molar-refractivity contribution is 5.97. The van der Waals surface area contributed by atoms with E-state index in [0.717, 1.165) is 27.6 Å². The molecule has 5 rings (SSSR count). The Bertz CT molecular complexity index is 1370. The van der Waals surface area contributed by atoms with Gasteiger partial charge in [0.1, 0.15) is 22.9 Å². The molecule has 0 aliphatic heterocycles. The van der Waals surface area contributed by atoms with Crippen molar-refractivity contribution in [2.45, 2.75) is 6.42 Å². The van der Waals surface area contributed by atoms with Crippen LogP contribution in [0, 0.1) is 5.82 Å². The van der Waals surface area contributed by atoms with Gasteiger partial charge in [-0.2, -0.15) is 5.10 Å². The van der Waals surface area contributed by atoms with Crippen molar-refractivity contribution in [2.24, 2.45) is 0 Å². The Morgan fingerprint density at radius 3 is 2.61 bits per heavy atom. The van der Waals surface area contributed by atoms with E-state index >= 15 is 0 Å². The number of rotatable bonds is 7. The van der Waals surface area contributed by atoms with E-state index in [4.69, 9.17) is 14.7 Å². The van der Waals surface area contributed by atoms with Gasteiger partial charge in [0.2, 0.25) is 0 Å². The highest BCUT2D eigenvalue weighted by Crippen LogP contribution is 2.36. The lowest BCUT2D eigenvalue weighted by molar-refractivity contribution is 0.325. The van der Waals surface area contributed by atoms with Crippen molar-refractivity contribution in [1.82, 2.24) is 25.1 Å². The zero-order valence-electron chi connectivity index (χ0n) is 17.9. The van der Waals surface area contributed by atoms with Crippen molar-refractivity contribution < 1.29 is 9.13 Å². The molecule has 0 aliphatic rings. The summed E-state index contributed by atoms with van der Waals surface area (Å²) in [5.41, 5.74) is 4.30. The molecule has 7 nitrogen and oxygen atoms in total. The van der Waals surface area contributed by atoms with Gasteiger partial charge < -0.3 is 10.1 Å². The van der Waals surface area contributed by atoms with Gasteiger partial charge in [-0.3, -0.25) is 10.1 Å². The Morgan fingerprint density at radius 1 is 1.00 bits per heavy atom. The van der Waals surface area contributed by atoms with Gasteiger partial charge in [-0.1, -0.05) is 12.1 Å². The first-order chi connectivity index (χ1) is 16.2. The van der Waals surface area contributed by atoms with Gasteiger partial charge in [-0.15, -0.1) is 0 Å². The minimum Gasteiger partial charge on any atom is -0.491 e. The molecule has 8 heteroatoms. The summed E-state index contributed by atoms with van der Waals surface area (Å²) in [5.74, 6) is 1.56. The number of halogens is 1. The number of ether oxygens (including phenoxy) is 1. The summed E-state index contributed by atoms with van der Waals surface area (Å²) in [4.78, 5) is 13.7. The molecule has 0 amide bonds. The normalized spacial score (nSPS) is 11.0. The van der Waals surface area contributed by atoms with Crippen LogP contribution in [-0.4, -0.2) is 38.8 Å². The number of aromatic nitrogens is 5. The second-order valence-electron chi connectivity index (χ2n) is 7.47. The maximum Gasteiger partial charge on any atom is 0.163 e. The summed E-state index contributed by atoms with van der Waals surface area (Å²) in [6.45, 7) is 0.447. The van der Waals surface area contributed by atoms with Crippen molar-refractivity contribution >= 4 is 16.7 Å². The Labute approximate surface area is 189 Å². The first-order valence-electron chi connectivity index (χ1n) is 10.5. The van der Waals surface area contributed by atoms with Gasteiger partial charge in [-0.25, -0.2) is 14.4 Å². The molecule has 5 aromatic rings. The Morgan fingerprint density at radius 2 is 1.88 bits per heavy atom. The lowest BCUT2D eigenvalue weighted by Gasteiger charge is -2.15. The first-order valence-corrected chi connectivity index (χ1v) is 10.5. The largest absolute Gasteiger partial charge is 0.491 e. The van der Waals surface area contributed by atoms with Crippen LogP contribution >= 0.6 is 0 Å². The van der Waals surface area contributed by atoms with Gasteiger partial charge in [0.25, 0.3) is 0 Å². The Hall–Kier alpha value is -4.33. The van der Waals surface area contributed by atoms with E-state index in [1.807, 2.05) is 37.5 Å². The van der Waals surface area contributed by atoms with Gasteiger partial charge in [0.15, 0.2) is 5.82 Å². The van der Waals surface area contributed by atoms with E-state index in [0.29, 0.717) is 35.9 Å². The standard InChI is InChI=1S/C25H21FN6O/c1-27-25-21-11-19(17-4-6-20(26)7-5-17)12-22(33-10-8-16-13-29-30-14-16)23(21)31-24(32-25)18-3-2-9-28-15-18/h2-7,9,11-15H,8,10H2,1H3,(H,29,30)(H,27,31,32). The topological polar surface area (TPSA) is 88.6 Å². The van der Waals surface area contributed by atoms with Crippen molar-refractivity contribution in [2.75, 3.05) is 19.0 Å². The molecule has 2 aromatic carbocycles. The fourth-order valence-electron chi connectivity index (χ4n) is 3.63. The monoisotopic (exact) mass is 440 g/mol.